The highest BCUT2D eigenvalue weighted by Crippen LogP contribution is 2.64. The molecule has 1 aromatic rings. The standard InChI is InChI=1S/C21H29NO3S/c1-15-4-6-16(7-5-15)13-22(18-8-9-18)26(24,25)14-21-11-10-17(12-19(21)23)20(21,2)3/h4-7,17-18H,8-14H2,1-3H3/t17-,21-/m0/s1. The first-order valence-corrected chi connectivity index (χ1v) is 11.3. The van der Waals surface area contributed by atoms with Crippen molar-refractivity contribution in [3.63, 3.8) is 0 Å². The zero-order valence-corrected chi connectivity index (χ0v) is 16.8. The van der Waals surface area contributed by atoms with Crippen LogP contribution < -0.4 is 0 Å². The molecule has 142 valence electrons. The number of fused-ring (bicyclic) bond motifs is 2. The summed E-state index contributed by atoms with van der Waals surface area (Å²) in [5.41, 5.74) is 1.29. The van der Waals surface area contributed by atoms with E-state index in [1.54, 1.807) is 4.31 Å². The molecular formula is C21H29NO3S. The Morgan fingerprint density at radius 2 is 1.77 bits per heavy atom. The van der Waals surface area contributed by atoms with E-state index < -0.39 is 15.4 Å². The zero-order valence-electron chi connectivity index (χ0n) is 16.0. The van der Waals surface area contributed by atoms with Gasteiger partial charge in [0.2, 0.25) is 10.0 Å². The maximum atomic E-state index is 13.4. The van der Waals surface area contributed by atoms with Crippen molar-refractivity contribution < 1.29 is 13.2 Å². The largest absolute Gasteiger partial charge is 0.299 e. The Morgan fingerprint density at radius 3 is 2.27 bits per heavy atom. The predicted octanol–water partition coefficient (Wildman–Crippen LogP) is 3.68. The Bertz CT molecular complexity index is 823. The predicted molar refractivity (Wildman–Crippen MR) is 102 cm³/mol. The number of nitrogens with zero attached hydrogens (tertiary/aromatic N) is 1. The van der Waals surface area contributed by atoms with Crippen molar-refractivity contribution in [1.29, 1.82) is 0 Å². The number of aryl methyl sites for hydroxylation is 1. The topological polar surface area (TPSA) is 54.5 Å². The Morgan fingerprint density at radius 1 is 1.12 bits per heavy atom. The fourth-order valence-electron chi connectivity index (χ4n) is 5.19. The summed E-state index contributed by atoms with van der Waals surface area (Å²) < 4.78 is 28.5. The van der Waals surface area contributed by atoms with Gasteiger partial charge in [0.25, 0.3) is 0 Å². The number of hydrogen-bond donors (Lipinski definition) is 0. The van der Waals surface area contributed by atoms with Crippen molar-refractivity contribution in [3.05, 3.63) is 35.4 Å². The second kappa shape index (κ2) is 5.90. The van der Waals surface area contributed by atoms with Crippen molar-refractivity contribution in [2.45, 2.75) is 65.5 Å². The molecule has 0 unspecified atom stereocenters. The molecule has 0 heterocycles. The average Bonchev–Trinajstić information content (AvgIpc) is 3.34. The molecule has 26 heavy (non-hydrogen) atoms. The molecule has 3 fully saturated rings. The van der Waals surface area contributed by atoms with Gasteiger partial charge in [0, 0.05) is 24.4 Å². The fraction of sp³-hybridized carbons (Fsp3) is 0.667. The molecule has 5 heteroatoms. The number of carbonyl (C=O) groups is 1. The van der Waals surface area contributed by atoms with Crippen LogP contribution in [-0.4, -0.2) is 30.3 Å². The molecule has 1 aromatic carbocycles. The molecule has 3 saturated carbocycles. The molecule has 0 aliphatic heterocycles. The number of hydrogen-bond acceptors (Lipinski definition) is 3. The first kappa shape index (κ1) is 18.2. The minimum Gasteiger partial charge on any atom is -0.299 e. The minimum atomic E-state index is -3.49. The number of rotatable bonds is 6. The van der Waals surface area contributed by atoms with Crippen molar-refractivity contribution in [2.24, 2.45) is 16.7 Å². The van der Waals surface area contributed by atoms with Gasteiger partial charge in [-0.3, -0.25) is 4.79 Å². The molecular weight excluding hydrogens is 346 g/mol. The van der Waals surface area contributed by atoms with Crippen molar-refractivity contribution >= 4 is 15.8 Å². The lowest BCUT2D eigenvalue weighted by Crippen LogP contribution is -2.47. The van der Waals surface area contributed by atoms with Gasteiger partial charge in [0.1, 0.15) is 5.78 Å². The molecule has 3 aliphatic carbocycles. The lowest BCUT2D eigenvalue weighted by Gasteiger charge is -2.37. The van der Waals surface area contributed by atoms with Gasteiger partial charge in [0.05, 0.1) is 5.75 Å². The van der Waals surface area contributed by atoms with Gasteiger partial charge in [-0.15, -0.1) is 0 Å². The third-order valence-corrected chi connectivity index (χ3v) is 9.34. The van der Waals surface area contributed by atoms with Gasteiger partial charge < -0.3 is 0 Å². The van der Waals surface area contributed by atoms with E-state index in [9.17, 15) is 13.2 Å². The smallest absolute Gasteiger partial charge is 0.215 e. The van der Waals surface area contributed by atoms with E-state index in [1.807, 2.05) is 31.2 Å². The molecule has 2 bridgehead atoms. The third kappa shape index (κ3) is 2.75. The molecule has 0 spiro atoms. The third-order valence-electron chi connectivity index (χ3n) is 7.34. The minimum absolute atomic E-state index is 0.00923. The van der Waals surface area contributed by atoms with E-state index >= 15 is 0 Å². The van der Waals surface area contributed by atoms with Crippen LogP contribution in [0.5, 0.6) is 0 Å². The Hall–Kier alpha value is -1.20. The molecule has 2 atom stereocenters. The molecule has 0 radical (unpaired) electrons. The SMILES string of the molecule is Cc1ccc(CN(C2CC2)S(=O)(=O)C[C@@]23CC[C@@H](CC2=O)C3(C)C)cc1. The maximum Gasteiger partial charge on any atom is 0.215 e. The van der Waals surface area contributed by atoms with Crippen LogP contribution in [0.3, 0.4) is 0 Å². The summed E-state index contributed by atoms with van der Waals surface area (Å²) in [6, 6.07) is 8.17. The Kier molecular flexibility index (Phi) is 4.12. The quantitative estimate of drug-likeness (QED) is 0.762. The summed E-state index contributed by atoms with van der Waals surface area (Å²) in [6.45, 7) is 6.66. The van der Waals surface area contributed by atoms with Crippen LogP contribution >= 0.6 is 0 Å². The van der Waals surface area contributed by atoms with Crippen LogP contribution in [0.4, 0.5) is 0 Å². The highest BCUT2D eigenvalue weighted by Gasteiger charge is 2.65. The Labute approximate surface area is 157 Å². The fourth-order valence-corrected chi connectivity index (χ4v) is 7.67. The van der Waals surface area contributed by atoms with Crippen molar-refractivity contribution in [2.75, 3.05) is 5.75 Å². The zero-order chi connectivity index (χ0) is 18.7. The van der Waals surface area contributed by atoms with Crippen LogP contribution in [0.2, 0.25) is 0 Å². The van der Waals surface area contributed by atoms with Gasteiger partial charge in [-0.1, -0.05) is 43.7 Å². The monoisotopic (exact) mass is 375 g/mol. The molecule has 0 amide bonds. The van der Waals surface area contributed by atoms with Crippen molar-refractivity contribution in [1.82, 2.24) is 4.31 Å². The normalized spacial score (nSPS) is 30.3. The number of ketones is 1. The van der Waals surface area contributed by atoms with Crippen LogP contribution in [0.25, 0.3) is 0 Å². The van der Waals surface area contributed by atoms with E-state index in [-0.39, 0.29) is 23.0 Å². The molecule has 4 nitrogen and oxygen atoms in total. The van der Waals surface area contributed by atoms with Crippen LogP contribution in [-0.2, 0) is 21.4 Å². The maximum absolute atomic E-state index is 13.4. The number of benzene rings is 1. The molecule has 4 rings (SSSR count). The van der Waals surface area contributed by atoms with Crippen molar-refractivity contribution in [3.8, 4) is 0 Å². The number of sulfonamides is 1. The van der Waals surface area contributed by atoms with E-state index in [1.165, 1.54) is 5.56 Å². The van der Waals surface area contributed by atoms with E-state index in [2.05, 4.69) is 13.8 Å². The Balaban J connectivity index is 1.61. The van der Waals surface area contributed by atoms with Gasteiger partial charge in [-0.05, 0) is 49.5 Å². The van der Waals surface area contributed by atoms with Crippen LogP contribution in [0.15, 0.2) is 24.3 Å². The number of carbonyl (C=O) groups excluding carboxylic acids is 1. The lowest BCUT2D eigenvalue weighted by molar-refractivity contribution is -0.128. The van der Waals surface area contributed by atoms with Gasteiger partial charge >= 0.3 is 0 Å². The summed E-state index contributed by atoms with van der Waals surface area (Å²) in [6.07, 6.45) is 4.13. The molecule has 0 aromatic heterocycles. The van der Waals surface area contributed by atoms with Gasteiger partial charge in [0.15, 0.2) is 0 Å². The molecule has 0 N–H and O–H groups in total. The van der Waals surface area contributed by atoms with Gasteiger partial charge in [-0.25, -0.2) is 8.42 Å². The van der Waals surface area contributed by atoms with Crippen LogP contribution in [0.1, 0.15) is 57.1 Å². The van der Waals surface area contributed by atoms with Crippen LogP contribution in [0, 0.1) is 23.7 Å². The first-order valence-electron chi connectivity index (χ1n) is 9.74. The summed E-state index contributed by atoms with van der Waals surface area (Å²) in [5, 5.41) is 0. The highest BCUT2D eigenvalue weighted by molar-refractivity contribution is 7.89. The summed E-state index contributed by atoms with van der Waals surface area (Å²) in [4.78, 5) is 12.8. The van der Waals surface area contributed by atoms with Gasteiger partial charge in [-0.2, -0.15) is 4.31 Å². The summed E-state index contributed by atoms with van der Waals surface area (Å²) in [5.74, 6) is 0.509. The second-order valence-corrected chi connectivity index (χ2v) is 11.1. The average molecular weight is 376 g/mol. The first-order chi connectivity index (χ1) is 12.2. The number of Topliss-reactive ketones (excluding diaryl/α,β-unsaturated/α-hetero) is 1. The summed E-state index contributed by atoms with van der Waals surface area (Å²) >= 11 is 0. The summed E-state index contributed by atoms with van der Waals surface area (Å²) in [7, 11) is -3.49. The molecule has 3 aliphatic rings. The lowest BCUT2D eigenvalue weighted by atomic mass is 9.70. The highest BCUT2D eigenvalue weighted by atomic mass is 32.2. The van der Waals surface area contributed by atoms with E-state index in [0.717, 1.165) is 31.2 Å². The second-order valence-electron chi connectivity index (χ2n) is 9.18. The molecule has 0 saturated heterocycles. The van der Waals surface area contributed by atoms with E-state index in [4.69, 9.17) is 0 Å². The van der Waals surface area contributed by atoms with E-state index in [0.29, 0.717) is 18.9 Å².